The number of hydrogen-bond acceptors (Lipinski definition) is 5. The Morgan fingerprint density at radius 3 is 3.00 bits per heavy atom. The Balaban J connectivity index is 2.49. The monoisotopic (exact) mass is 293 g/mol. The molecule has 0 unspecified atom stereocenters. The maximum absolute atomic E-state index is 12.5. The first-order valence-electron chi connectivity index (χ1n) is 6.08. The number of fused-ring (bicyclic) bond motifs is 1. The summed E-state index contributed by atoms with van der Waals surface area (Å²) in [6.07, 6.45) is 2.92. The molecule has 20 heavy (non-hydrogen) atoms. The Morgan fingerprint density at radius 2 is 2.40 bits per heavy atom. The van der Waals surface area contributed by atoms with E-state index in [-0.39, 0.29) is 24.6 Å². The molecule has 6 nitrogen and oxygen atoms in total. The van der Waals surface area contributed by atoms with Crippen molar-refractivity contribution in [3.8, 4) is 0 Å². The van der Waals surface area contributed by atoms with Crippen molar-refractivity contribution in [2.45, 2.75) is 6.92 Å². The molecule has 0 spiro atoms. The summed E-state index contributed by atoms with van der Waals surface area (Å²) >= 11 is 1.19. The fourth-order valence-corrected chi connectivity index (χ4v) is 3.10. The number of amides is 1. The molecule has 1 amide bonds. The molecule has 0 radical (unpaired) electrons. The Bertz CT molecular complexity index is 704. The van der Waals surface area contributed by atoms with E-state index < -0.39 is 0 Å². The average Bonchev–Trinajstić information content (AvgIpc) is 2.76. The first-order valence-corrected chi connectivity index (χ1v) is 6.89. The van der Waals surface area contributed by atoms with Crippen LogP contribution in [0.5, 0.6) is 0 Å². The van der Waals surface area contributed by atoms with Gasteiger partial charge in [0, 0.05) is 13.1 Å². The van der Waals surface area contributed by atoms with Gasteiger partial charge in [-0.15, -0.1) is 17.9 Å². The highest BCUT2D eigenvalue weighted by atomic mass is 32.1. The molecule has 2 N–H and O–H groups in total. The van der Waals surface area contributed by atoms with Crippen molar-refractivity contribution in [2.75, 3.05) is 19.7 Å². The average molecular weight is 293 g/mol. The molecular weight excluding hydrogens is 278 g/mol. The summed E-state index contributed by atoms with van der Waals surface area (Å²) < 4.78 is 0. The van der Waals surface area contributed by atoms with Gasteiger partial charge in [0.2, 0.25) is 0 Å². The van der Waals surface area contributed by atoms with E-state index in [2.05, 4.69) is 16.5 Å². The summed E-state index contributed by atoms with van der Waals surface area (Å²) in [6, 6.07) is 0. The van der Waals surface area contributed by atoms with Crippen LogP contribution in [0.15, 0.2) is 23.8 Å². The lowest BCUT2D eigenvalue weighted by atomic mass is 10.2. The zero-order valence-electron chi connectivity index (χ0n) is 11.0. The van der Waals surface area contributed by atoms with E-state index in [4.69, 9.17) is 5.11 Å². The number of thiophene rings is 1. The SMILES string of the molecule is C=CCN(CCO)C(=O)c1sc2nc[nH]c(=O)c2c1C. The van der Waals surface area contributed by atoms with Crippen LogP contribution in [0.3, 0.4) is 0 Å². The molecule has 0 aliphatic rings. The first-order chi connectivity index (χ1) is 9.60. The van der Waals surface area contributed by atoms with E-state index in [1.807, 2.05) is 0 Å². The van der Waals surface area contributed by atoms with Gasteiger partial charge in [0.15, 0.2) is 0 Å². The van der Waals surface area contributed by atoms with Crippen LogP contribution in [0, 0.1) is 6.92 Å². The maximum atomic E-state index is 12.5. The van der Waals surface area contributed by atoms with Crippen LogP contribution in [0.2, 0.25) is 0 Å². The lowest BCUT2D eigenvalue weighted by Gasteiger charge is -2.19. The van der Waals surface area contributed by atoms with Crippen LogP contribution in [-0.2, 0) is 0 Å². The number of aliphatic hydroxyl groups is 1. The largest absolute Gasteiger partial charge is 0.395 e. The van der Waals surface area contributed by atoms with E-state index in [0.29, 0.717) is 27.2 Å². The summed E-state index contributed by atoms with van der Waals surface area (Å²) in [4.78, 5) is 33.3. The highest BCUT2D eigenvalue weighted by Gasteiger charge is 2.22. The molecule has 0 aliphatic carbocycles. The molecule has 106 valence electrons. The molecule has 0 fully saturated rings. The highest BCUT2D eigenvalue weighted by Crippen LogP contribution is 2.27. The van der Waals surface area contributed by atoms with Crippen molar-refractivity contribution in [3.63, 3.8) is 0 Å². The zero-order valence-corrected chi connectivity index (χ0v) is 11.9. The van der Waals surface area contributed by atoms with Gasteiger partial charge in [-0.3, -0.25) is 9.59 Å². The molecule has 0 bridgehead atoms. The molecular formula is C13H15N3O3S. The molecule has 2 aromatic rings. The van der Waals surface area contributed by atoms with Crippen LogP contribution in [0.4, 0.5) is 0 Å². The normalized spacial score (nSPS) is 10.7. The number of carbonyl (C=O) groups is 1. The van der Waals surface area contributed by atoms with Crippen LogP contribution < -0.4 is 5.56 Å². The summed E-state index contributed by atoms with van der Waals surface area (Å²) in [5.41, 5.74) is 0.372. The van der Waals surface area contributed by atoms with Gasteiger partial charge in [0.1, 0.15) is 4.83 Å². The zero-order chi connectivity index (χ0) is 14.7. The quantitative estimate of drug-likeness (QED) is 0.802. The number of nitrogens with one attached hydrogen (secondary N) is 1. The molecule has 0 atom stereocenters. The highest BCUT2D eigenvalue weighted by molar-refractivity contribution is 7.20. The second-order valence-electron chi connectivity index (χ2n) is 4.23. The molecule has 0 aliphatic heterocycles. The van der Waals surface area contributed by atoms with Gasteiger partial charge < -0.3 is 15.0 Å². The van der Waals surface area contributed by atoms with Crippen LogP contribution in [0.1, 0.15) is 15.2 Å². The van der Waals surface area contributed by atoms with E-state index in [0.717, 1.165) is 0 Å². The number of rotatable bonds is 5. The van der Waals surface area contributed by atoms with Gasteiger partial charge in [0.05, 0.1) is 23.2 Å². The van der Waals surface area contributed by atoms with Crippen molar-refractivity contribution >= 4 is 27.5 Å². The number of aliphatic hydroxyl groups excluding tert-OH is 1. The van der Waals surface area contributed by atoms with Gasteiger partial charge in [-0.25, -0.2) is 4.98 Å². The van der Waals surface area contributed by atoms with E-state index >= 15 is 0 Å². The maximum Gasteiger partial charge on any atom is 0.264 e. The van der Waals surface area contributed by atoms with Gasteiger partial charge in [-0.05, 0) is 12.5 Å². The second kappa shape index (κ2) is 5.98. The van der Waals surface area contributed by atoms with Crippen LogP contribution in [-0.4, -0.2) is 45.6 Å². The standard InChI is InChI=1S/C13H15N3O3S/c1-3-4-16(5-6-17)13(19)10-8(2)9-11(18)14-7-15-12(9)20-10/h3,7,17H,1,4-6H2,2H3,(H,14,15,18). The van der Waals surface area contributed by atoms with Gasteiger partial charge in [-0.1, -0.05) is 6.08 Å². The lowest BCUT2D eigenvalue weighted by molar-refractivity contribution is 0.0747. The first kappa shape index (κ1) is 14.4. The van der Waals surface area contributed by atoms with Crippen molar-refractivity contribution in [1.29, 1.82) is 0 Å². The van der Waals surface area contributed by atoms with Crippen molar-refractivity contribution < 1.29 is 9.90 Å². The fraction of sp³-hybridized carbons (Fsp3) is 0.308. The minimum Gasteiger partial charge on any atom is -0.395 e. The molecule has 0 saturated carbocycles. The number of H-pyrrole nitrogens is 1. The predicted molar refractivity (Wildman–Crippen MR) is 78.2 cm³/mol. The number of carbonyl (C=O) groups excluding carboxylic acids is 1. The molecule has 7 heteroatoms. The topological polar surface area (TPSA) is 86.3 Å². The summed E-state index contributed by atoms with van der Waals surface area (Å²) in [5, 5.41) is 9.47. The van der Waals surface area contributed by atoms with Gasteiger partial charge in [-0.2, -0.15) is 0 Å². The fourth-order valence-electron chi connectivity index (χ4n) is 1.98. The minimum atomic E-state index is -0.250. The number of aromatic amines is 1. The third kappa shape index (κ3) is 2.50. The molecule has 0 saturated heterocycles. The number of nitrogens with zero attached hydrogens (tertiary/aromatic N) is 2. The smallest absolute Gasteiger partial charge is 0.264 e. The van der Waals surface area contributed by atoms with Crippen LogP contribution >= 0.6 is 11.3 Å². The van der Waals surface area contributed by atoms with E-state index in [1.54, 1.807) is 13.0 Å². The van der Waals surface area contributed by atoms with E-state index in [9.17, 15) is 9.59 Å². The summed E-state index contributed by atoms with van der Waals surface area (Å²) in [5.74, 6) is -0.223. The predicted octanol–water partition coefficient (Wildman–Crippen LogP) is 0.914. The van der Waals surface area contributed by atoms with E-state index in [1.165, 1.54) is 22.6 Å². The third-order valence-electron chi connectivity index (χ3n) is 2.93. The minimum absolute atomic E-state index is 0.123. The molecule has 2 aromatic heterocycles. The summed E-state index contributed by atoms with van der Waals surface area (Å²) in [7, 11) is 0. The van der Waals surface area contributed by atoms with Gasteiger partial charge >= 0.3 is 0 Å². The molecule has 2 rings (SSSR count). The Kier molecular flexibility index (Phi) is 4.31. The van der Waals surface area contributed by atoms with Crippen LogP contribution in [0.25, 0.3) is 10.2 Å². The van der Waals surface area contributed by atoms with Crippen molar-refractivity contribution in [2.24, 2.45) is 0 Å². The summed E-state index contributed by atoms with van der Waals surface area (Å²) in [6.45, 7) is 5.77. The molecule has 2 heterocycles. The molecule has 0 aromatic carbocycles. The Morgan fingerprint density at radius 1 is 1.65 bits per heavy atom. The van der Waals surface area contributed by atoms with Crippen molar-refractivity contribution in [1.82, 2.24) is 14.9 Å². The number of aromatic nitrogens is 2. The Hall–Kier alpha value is -1.99. The van der Waals surface area contributed by atoms with Crippen molar-refractivity contribution in [3.05, 3.63) is 39.8 Å². The second-order valence-corrected chi connectivity index (χ2v) is 5.23. The lowest BCUT2D eigenvalue weighted by Crippen LogP contribution is -2.33. The Labute approximate surface area is 119 Å². The van der Waals surface area contributed by atoms with Gasteiger partial charge in [0.25, 0.3) is 11.5 Å². The number of hydrogen-bond donors (Lipinski definition) is 2. The number of aryl methyl sites for hydroxylation is 1. The third-order valence-corrected chi connectivity index (χ3v) is 4.12.